The van der Waals surface area contributed by atoms with Gasteiger partial charge in [0, 0.05) is 13.2 Å². The molecule has 1 amide bonds. The van der Waals surface area contributed by atoms with E-state index in [9.17, 15) is 4.79 Å². The molecule has 1 fully saturated rings. The van der Waals surface area contributed by atoms with Crippen molar-refractivity contribution in [2.24, 2.45) is 16.7 Å². The van der Waals surface area contributed by atoms with E-state index in [1.807, 2.05) is 27.7 Å². The lowest BCUT2D eigenvalue weighted by Gasteiger charge is -2.41. The average molecular weight is 315 g/mol. The number of amides is 1. The van der Waals surface area contributed by atoms with E-state index >= 15 is 0 Å². The van der Waals surface area contributed by atoms with Crippen LogP contribution in [0, 0.1) is 0 Å². The number of hydrazone groups is 1. The highest BCUT2D eigenvalue weighted by atomic mass is 16.6. The van der Waals surface area contributed by atoms with Crippen LogP contribution in [0.2, 0.25) is 0 Å². The van der Waals surface area contributed by atoms with Crippen LogP contribution in [0.25, 0.3) is 0 Å². The van der Waals surface area contributed by atoms with Gasteiger partial charge in [0.2, 0.25) is 5.96 Å². The van der Waals surface area contributed by atoms with Gasteiger partial charge in [-0.15, -0.1) is 5.10 Å². The third-order valence-corrected chi connectivity index (χ3v) is 3.85. The van der Waals surface area contributed by atoms with Crippen LogP contribution < -0.4 is 16.9 Å². The van der Waals surface area contributed by atoms with Gasteiger partial charge in [-0.3, -0.25) is 0 Å². The molecule has 2 atom stereocenters. The van der Waals surface area contributed by atoms with Gasteiger partial charge in [0.1, 0.15) is 5.60 Å². The third-order valence-electron chi connectivity index (χ3n) is 3.85. The molecule has 0 spiro atoms. The lowest BCUT2D eigenvalue weighted by atomic mass is 10.0. The lowest BCUT2D eigenvalue weighted by Crippen LogP contribution is -2.60. The maximum absolute atomic E-state index is 12.1. The number of nitrogens with two attached hydrogens (primary N) is 2. The number of carbonyl (C=O) groups excluding carboxylic acids is 1. The number of hydrogen-bond donors (Lipinski definition) is 3. The van der Waals surface area contributed by atoms with Gasteiger partial charge in [0.15, 0.2) is 6.23 Å². The van der Waals surface area contributed by atoms with Gasteiger partial charge in [-0.2, -0.15) is 0 Å². The van der Waals surface area contributed by atoms with Gasteiger partial charge in [0.05, 0.1) is 6.04 Å². The number of rotatable bonds is 5. The highest BCUT2D eigenvalue weighted by molar-refractivity contribution is 5.78. The number of alkyl carbamates (subject to hydrolysis) is 1. The second-order valence-corrected chi connectivity index (χ2v) is 5.92. The normalized spacial score (nSPS) is 23.3. The van der Waals surface area contributed by atoms with E-state index in [4.69, 9.17) is 21.1 Å². The Morgan fingerprint density at radius 1 is 1.45 bits per heavy atom. The molecule has 1 heterocycles. The Balaban J connectivity index is 2.76. The number of hydrogen-bond acceptors (Lipinski definition) is 5. The summed E-state index contributed by atoms with van der Waals surface area (Å²) in [6, 6.07) is -0.228. The SMILES string of the molecule is CCOC1C(NC(=O)OC(C)(C)CC)CCCN1/C(N)=N/N. The minimum Gasteiger partial charge on any atom is -0.444 e. The second kappa shape index (κ2) is 8.07. The van der Waals surface area contributed by atoms with Crippen LogP contribution in [0.3, 0.4) is 0 Å². The quantitative estimate of drug-likeness (QED) is 0.301. The molecule has 0 radical (unpaired) electrons. The van der Waals surface area contributed by atoms with E-state index in [1.165, 1.54) is 0 Å². The van der Waals surface area contributed by atoms with Crippen LogP contribution >= 0.6 is 0 Å². The minimum atomic E-state index is -0.503. The highest BCUT2D eigenvalue weighted by Gasteiger charge is 2.35. The summed E-state index contributed by atoms with van der Waals surface area (Å²) in [6.07, 6.45) is 1.51. The van der Waals surface area contributed by atoms with E-state index < -0.39 is 17.9 Å². The predicted octanol–water partition coefficient (Wildman–Crippen LogP) is 0.917. The number of likely N-dealkylation sites (tertiary alicyclic amines) is 1. The summed E-state index contributed by atoms with van der Waals surface area (Å²) >= 11 is 0. The van der Waals surface area contributed by atoms with Crippen LogP contribution in [0.4, 0.5) is 4.79 Å². The van der Waals surface area contributed by atoms with Crippen LogP contribution in [-0.4, -0.2) is 48.0 Å². The van der Waals surface area contributed by atoms with Crippen molar-refractivity contribution in [2.45, 2.75) is 64.8 Å². The maximum atomic E-state index is 12.1. The van der Waals surface area contributed by atoms with E-state index in [1.54, 1.807) is 4.90 Å². The first-order chi connectivity index (χ1) is 10.3. The summed E-state index contributed by atoms with van der Waals surface area (Å²) < 4.78 is 11.2. The Hall–Kier alpha value is -1.70. The standard InChI is InChI=1S/C14H29N5O3/c1-5-14(3,4)22-13(20)17-10-8-7-9-19(12(15)18-16)11(10)21-6-2/h10-11H,5-9,16H2,1-4H3,(H2,15,18)(H,17,20). The summed E-state index contributed by atoms with van der Waals surface area (Å²) in [6.45, 7) is 8.78. The number of ether oxygens (including phenoxy) is 2. The van der Waals surface area contributed by atoms with Crippen molar-refractivity contribution in [1.29, 1.82) is 0 Å². The van der Waals surface area contributed by atoms with Crippen molar-refractivity contribution in [3.05, 3.63) is 0 Å². The van der Waals surface area contributed by atoms with Crippen molar-refractivity contribution >= 4 is 12.1 Å². The van der Waals surface area contributed by atoms with Gasteiger partial charge in [0.25, 0.3) is 0 Å². The first kappa shape index (κ1) is 18.3. The smallest absolute Gasteiger partial charge is 0.408 e. The molecular formula is C14H29N5O3. The molecule has 0 aromatic rings. The number of guanidine groups is 1. The van der Waals surface area contributed by atoms with Gasteiger partial charge < -0.3 is 31.3 Å². The summed E-state index contributed by atoms with van der Waals surface area (Å²) in [4.78, 5) is 13.9. The Bertz CT molecular complexity index is 400. The molecule has 1 rings (SSSR count). The van der Waals surface area contributed by atoms with E-state index in [0.717, 1.165) is 19.3 Å². The van der Waals surface area contributed by atoms with Gasteiger partial charge in [-0.25, -0.2) is 4.79 Å². The van der Waals surface area contributed by atoms with Gasteiger partial charge in [-0.05, 0) is 40.0 Å². The third kappa shape index (κ3) is 4.94. The van der Waals surface area contributed by atoms with Crippen molar-refractivity contribution in [1.82, 2.24) is 10.2 Å². The first-order valence-corrected chi connectivity index (χ1v) is 7.75. The first-order valence-electron chi connectivity index (χ1n) is 7.75. The Morgan fingerprint density at radius 2 is 2.14 bits per heavy atom. The molecule has 0 aromatic carbocycles. The highest BCUT2D eigenvalue weighted by Crippen LogP contribution is 2.20. The number of carbonyl (C=O) groups is 1. The Kier molecular flexibility index (Phi) is 6.73. The van der Waals surface area contributed by atoms with Gasteiger partial charge >= 0.3 is 6.09 Å². The fraction of sp³-hybridized carbons (Fsp3) is 0.857. The summed E-state index contributed by atoms with van der Waals surface area (Å²) in [5.41, 5.74) is 5.31. The largest absolute Gasteiger partial charge is 0.444 e. The molecule has 128 valence electrons. The van der Waals surface area contributed by atoms with Crippen molar-refractivity contribution < 1.29 is 14.3 Å². The zero-order valence-corrected chi connectivity index (χ0v) is 14.0. The lowest BCUT2D eigenvalue weighted by molar-refractivity contribution is -0.0643. The molecule has 2 unspecified atom stereocenters. The topological polar surface area (TPSA) is 115 Å². The molecule has 0 bridgehead atoms. The zero-order chi connectivity index (χ0) is 16.8. The number of nitrogens with zero attached hydrogens (tertiary/aromatic N) is 2. The average Bonchev–Trinajstić information content (AvgIpc) is 2.47. The molecule has 1 aliphatic heterocycles. The van der Waals surface area contributed by atoms with Crippen molar-refractivity contribution in [2.75, 3.05) is 13.2 Å². The fourth-order valence-electron chi connectivity index (χ4n) is 2.31. The summed E-state index contributed by atoms with van der Waals surface area (Å²) in [5, 5.41) is 6.40. The van der Waals surface area contributed by atoms with Crippen molar-refractivity contribution in [3.63, 3.8) is 0 Å². The summed E-state index contributed by atoms with van der Waals surface area (Å²) in [7, 11) is 0. The monoisotopic (exact) mass is 315 g/mol. The molecule has 1 aliphatic rings. The van der Waals surface area contributed by atoms with E-state index in [2.05, 4.69) is 10.4 Å². The van der Waals surface area contributed by atoms with Gasteiger partial charge in [-0.1, -0.05) is 6.92 Å². The van der Waals surface area contributed by atoms with Crippen LogP contribution in [0.1, 0.15) is 47.0 Å². The molecule has 0 aliphatic carbocycles. The molecule has 0 saturated carbocycles. The molecule has 1 saturated heterocycles. The number of piperidine rings is 1. The van der Waals surface area contributed by atoms with Crippen LogP contribution in [0.5, 0.6) is 0 Å². The second-order valence-electron chi connectivity index (χ2n) is 5.92. The molecule has 5 N–H and O–H groups in total. The predicted molar refractivity (Wildman–Crippen MR) is 84.9 cm³/mol. The Labute approximate surface area is 132 Å². The minimum absolute atomic E-state index is 0.201. The van der Waals surface area contributed by atoms with Crippen molar-refractivity contribution in [3.8, 4) is 0 Å². The Morgan fingerprint density at radius 3 is 2.68 bits per heavy atom. The fourth-order valence-corrected chi connectivity index (χ4v) is 2.31. The number of nitrogens with one attached hydrogen (secondary N) is 1. The van der Waals surface area contributed by atoms with Crippen LogP contribution in [0.15, 0.2) is 5.10 Å². The van der Waals surface area contributed by atoms with Crippen LogP contribution in [-0.2, 0) is 9.47 Å². The molecule has 0 aromatic heterocycles. The van der Waals surface area contributed by atoms with E-state index in [0.29, 0.717) is 13.2 Å². The summed E-state index contributed by atoms with van der Waals surface area (Å²) in [5.74, 6) is 5.46. The molecular weight excluding hydrogens is 286 g/mol. The molecule has 22 heavy (non-hydrogen) atoms. The zero-order valence-electron chi connectivity index (χ0n) is 14.0. The molecule has 8 nitrogen and oxygen atoms in total. The maximum Gasteiger partial charge on any atom is 0.408 e. The molecule has 8 heteroatoms. The van der Waals surface area contributed by atoms with E-state index in [-0.39, 0.29) is 12.0 Å².